The summed E-state index contributed by atoms with van der Waals surface area (Å²) < 4.78 is 0. The number of hydrogen-bond acceptors (Lipinski definition) is 4. The summed E-state index contributed by atoms with van der Waals surface area (Å²) in [7, 11) is 0. The van der Waals surface area contributed by atoms with Gasteiger partial charge >= 0.3 is 0 Å². The standard InChI is InChI=1S/C44H58N2O2/c1-41(2,3)33-23-31(39(47)35(25-33)43(7,8)9)27-45-37(29-17-13-14-18-29)21-22-38(30-19-15-16-20-30)46-28-32-24-34(42(4,5)6)26-36(40(32)48)44(10,11)12/h13-20,23-28,37-38,47-48H,21-22H2,1-12H3/t37-,38-/m0/s1. The third kappa shape index (κ3) is 9.54. The van der Waals surface area contributed by atoms with Crippen LogP contribution in [0.25, 0.3) is 0 Å². The molecule has 2 fully saturated rings. The van der Waals surface area contributed by atoms with Gasteiger partial charge in [-0.2, -0.15) is 0 Å². The molecule has 256 valence electrons. The minimum Gasteiger partial charge on any atom is -0.507 e. The first kappa shape index (κ1) is 38.2. The largest absolute Gasteiger partial charge is 0.507 e. The smallest absolute Gasteiger partial charge is 0.128 e. The Morgan fingerprint density at radius 3 is 1.08 bits per heavy atom. The van der Waals surface area contributed by atoms with Crippen LogP contribution < -0.4 is 0 Å². The second-order valence-electron chi connectivity index (χ2n) is 17.5. The van der Waals surface area contributed by atoms with E-state index in [9.17, 15) is 10.2 Å². The third-order valence-electron chi connectivity index (χ3n) is 9.27. The molecule has 2 aromatic rings. The second-order valence-corrected chi connectivity index (χ2v) is 17.5. The minimum atomic E-state index is -0.210. The zero-order valence-electron chi connectivity index (χ0n) is 31.4. The van der Waals surface area contributed by atoms with Crippen LogP contribution in [0.1, 0.15) is 129 Å². The molecular formula is C44H58N2O2. The SMILES string of the molecule is CC(C)(C)c1cc(C=N[C@@H](CC[C@H](N=Cc2cc(C(C)(C)C)cc(C(C)(C)C)c2O)[C]2[CH][CH][CH][CH]2)[C]2[CH][CH][CH][CH]2)c(O)c(C(C)(C)C)c1. The Kier molecular flexibility index (Phi) is 11.7. The van der Waals surface area contributed by atoms with Gasteiger partial charge in [0.05, 0.1) is 12.1 Å². The minimum absolute atomic E-state index is 0.0688. The van der Waals surface area contributed by atoms with Crippen LogP contribution in [-0.2, 0) is 21.7 Å². The highest BCUT2D eigenvalue weighted by molar-refractivity contribution is 5.86. The summed E-state index contributed by atoms with van der Waals surface area (Å²) in [5, 5.41) is 22.8. The molecule has 0 amide bonds. The molecule has 0 spiro atoms. The van der Waals surface area contributed by atoms with Gasteiger partial charge in [0.25, 0.3) is 0 Å². The molecule has 4 rings (SSSR count). The molecule has 10 radical (unpaired) electrons. The quantitative estimate of drug-likeness (QED) is 0.266. The number of phenolic OH excluding ortho intramolecular Hbond substituents is 2. The highest BCUT2D eigenvalue weighted by Crippen LogP contribution is 2.40. The molecule has 2 aliphatic carbocycles. The first-order valence-corrected chi connectivity index (χ1v) is 17.4. The lowest BCUT2D eigenvalue weighted by Gasteiger charge is -2.27. The molecule has 2 saturated carbocycles. The number of rotatable bonds is 9. The molecule has 4 heteroatoms. The Labute approximate surface area is 294 Å². The van der Waals surface area contributed by atoms with Crippen molar-refractivity contribution in [3.05, 3.63) is 121 Å². The highest BCUT2D eigenvalue weighted by atomic mass is 16.3. The van der Waals surface area contributed by atoms with E-state index in [0.717, 1.165) is 46.9 Å². The number of benzene rings is 2. The average molecular weight is 647 g/mol. The van der Waals surface area contributed by atoms with Gasteiger partial charge in [-0.05, 0) is 109 Å². The van der Waals surface area contributed by atoms with Gasteiger partial charge in [0.15, 0.2) is 0 Å². The third-order valence-corrected chi connectivity index (χ3v) is 9.27. The predicted molar refractivity (Wildman–Crippen MR) is 204 cm³/mol. The normalized spacial score (nSPS) is 18.8. The Bertz CT molecular complexity index is 1330. The van der Waals surface area contributed by atoms with Gasteiger partial charge < -0.3 is 10.2 Å². The van der Waals surface area contributed by atoms with Crippen LogP contribution in [0.15, 0.2) is 34.3 Å². The van der Waals surface area contributed by atoms with Crippen molar-refractivity contribution in [1.82, 2.24) is 0 Å². The maximum Gasteiger partial charge on any atom is 0.128 e. The number of aromatic hydroxyl groups is 2. The lowest BCUT2D eigenvalue weighted by Crippen LogP contribution is -2.22. The molecule has 2 N–H and O–H groups in total. The molecule has 2 aromatic carbocycles. The summed E-state index contributed by atoms with van der Waals surface area (Å²) in [4.78, 5) is 10.3. The molecule has 0 aromatic heterocycles. The zero-order valence-corrected chi connectivity index (χ0v) is 31.4. The van der Waals surface area contributed by atoms with Crippen molar-refractivity contribution < 1.29 is 10.2 Å². The van der Waals surface area contributed by atoms with E-state index in [-0.39, 0.29) is 33.7 Å². The molecule has 0 unspecified atom stereocenters. The van der Waals surface area contributed by atoms with E-state index >= 15 is 0 Å². The van der Waals surface area contributed by atoms with Crippen LogP contribution >= 0.6 is 0 Å². The maximum atomic E-state index is 11.4. The molecule has 2 aliphatic rings. The van der Waals surface area contributed by atoms with E-state index in [1.54, 1.807) is 0 Å². The van der Waals surface area contributed by atoms with Crippen LogP contribution in [0, 0.1) is 63.2 Å². The molecule has 4 nitrogen and oxygen atoms in total. The van der Waals surface area contributed by atoms with Crippen LogP contribution in [0.5, 0.6) is 11.5 Å². The van der Waals surface area contributed by atoms with Crippen LogP contribution in [0.2, 0.25) is 0 Å². The van der Waals surface area contributed by atoms with E-state index < -0.39 is 0 Å². The van der Waals surface area contributed by atoms with E-state index in [4.69, 9.17) is 9.98 Å². The molecule has 48 heavy (non-hydrogen) atoms. The van der Waals surface area contributed by atoms with Gasteiger partial charge in [0.1, 0.15) is 11.5 Å². The van der Waals surface area contributed by atoms with E-state index in [1.807, 2.05) is 12.4 Å². The lowest BCUT2D eigenvalue weighted by molar-refractivity contribution is 0.443. The van der Waals surface area contributed by atoms with Crippen molar-refractivity contribution in [2.24, 2.45) is 9.98 Å². The van der Waals surface area contributed by atoms with Crippen molar-refractivity contribution in [3.8, 4) is 11.5 Å². The Morgan fingerprint density at radius 2 is 0.812 bits per heavy atom. The maximum absolute atomic E-state index is 11.4. The van der Waals surface area contributed by atoms with Gasteiger partial charge in [-0.25, -0.2) is 0 Å². The van der Waals surface area contributed by atoms with E-state index in [2.05, 4.69) is 159 Å². The summed E-state index contributed by atoms with van der Waals surface area (Å²) >= 11 is 0. The lowest BCUT2D eigenvalue weighted by atomic mass is 9.79. The van der Waals surface area contributed by atoms with Crippen LogP contribution in [-0.4, -0.2) is 34.7 Å². The summed E-state index contributed by atoms with van der Waals surface area (Å²) in [6.07, 6.45) is 22.0. The Hall–Kier alpha value is -2.62. The fourth-order valence-electron chi connectivity index (χ4n) is 6.05. The molecule has 0 heterocycles. The second kappa shape index (κ2) is 14.7. The first-order chi connectivity index (χ1) is 22.2. The first-order valence-electron chi connectivity index (χ1n) is 17.4. The van der Waals surface area contributed by atoms with Crippen molar-refractivity contribution in [1.29, 1.82) is 0 Å². The van der Waals surface area contributed by atoms with Gasteiger partial charge in [-0.1, -0.05) is 95.2 Å². The van der Waals surface area contributed by atoms with E-state index in [1.165, 1.54) is 11.1 Å². The van der Waals surface area contributed by atoms with E-state index in [0.29, 0.717) is 11.5 Å². The number of phenols is 2. The van der Waals surface area contributed by atoms with Crippen LogP contribution in [0.3, 0.4) is 0 Å². The summed E-state index contributed by atoms with van der Waals surface area (Å²) in [6, 6.07) is 8.24. The molecule has 2 atom stereocenters. The predicted octanol–water partition coefficient (Wildman–Crippen LogP) is 10.2. The monoisotopic (exact) mass is 646 g/mol. The van der Waals surface area contributed by atoms with Gasteiger partial charge in [-0.3, -0.25) is 9.98 Å². The van der Waals surface area contributed by atoms with Gasteiger partial charge in [0.2, 0.25) is 0 Å². The molecule has 0 bridgehead atoms. The summed E-state index contributed by atoms with van der Waals surface area (Å²) in [5.74, 6) is 2.88. The molecule has 0 saturated heterocycles. The number of hydrogen-bond donors (Lipinski definition) is 2. The van der Waals surface area contributed by atoms with Crippen molar-refractivity contribution >= 4 is 12.4 Å². The van der Waals surface area contributed by atoms with Crippen molar-refractivity contribution in [2.45, 2.75) is 130 Å². The molecule has 0 aliphatic heterocycles. The Balaban J connectivity index is 1.66. The highest BCUT2D eigenvalue weighted by Gasteiger charge is 2.31. The van der Waals surface area contributed by atoms with Gasteiger partial charge in [-0.15, -0.1) is 0 Å². The average Bonchev–Trinajstić information content (AvgIpc) is 3.69. The number of nitrogens with zero attached hydrogens (tertiary/aromatic N) is 2. The Morgan fingerprint density at radius 1 is 0.500 bits per heavy atom. The van der Waals surface area contributed by atoms with Crippen molar-refractivity contribution in [3.63, 3.8) is 0 Å². The van der Waals surface area contributed by atoms with Crippen LogP contribution in [0.4, 0.5) is 0 Å². The van der Waals surface area contributed by atoms with Gasteiger partial charge in [0, 0.05) is 46.5 Å². The fraction of sp³-hybridized carbons (Fsp3) is 0.455. The number of aliphatic imine (C=N–C) groups is 2. The fourth-order valence-corrected chi connectivity index (χ4v) is 6.05. The topological polar surface area (TPSA) is 65.2 Å². The molecular weight excluding hydrogens is 588 g/mol. The van der Waals surface area contributed by atoms with Crippen molar-refractivity contribution in [2.75, 3.05) is 0 Å². The summed E-state index contributed by atoms with van der Waals surface area (Å²) in [5.41, 5.74) is 5.15. The summed E-state index contributed by atoms with van der Waals surface area (Å²) in [6.45, 7) is 26.0. The zero-order chi connectivity index (χ0) is 35.7.